The predicted octanol–water partition coefficient (Wildman–Crippen LogP) is 1.53. The molecule has 1 atom stereocenters. The lowest BCUT2D eigenvalue weighted by atomic mass is 10.0. The van der Waals surface area contributed by atoms with Crippen LogP contribution in [0.2, 0.25) is 0 Å². The van der Waals surface area contributed by atoms with Gasteiger partial charge in [0.25, 0.3) is 5.91 Å². The highest BCUT2D eigenvalue weighted by molar-refractivity contribution is 5.96. The average Bonchev–Trinajstić information content (AvgIpc) is 2.90. The van der Waals surface area contributed by atoms with Gasteiger partial charge in [-0.05, 0) is 43.0 Å². The van der Waals surface area contributed by atoms with E-state index in [0.29, 0.717) is 13.2 Å². The molecule has 4 nitrogen and oxygen atoms in total. The van der Waals surface area contributed by atoms with Crippen molar-refractivity contribution >= 4 is 5.91 Å². The van der Waals surface area contributed by atoms with Gasteiger partial charge >= 0.3 is 0 Å². The third-order valence-electron chi connectivity index (χ3n) is 3.46. The van der Waals surface area contributed by atoms with Crippen LogP contribution in [0.15, 0.2) is 18.2 Å². The first-order valence-corrected chi connectivity index (χ1v) is 6.48. The van der Waals surface area contributed by atoms with Gasteiger partial charge in [0.15, 0.2) is 0 Å². The highest BCUT2D eigenvalue weighted by Crippen LogP contribution is 2.22. The Hall–Kier alpha value is -1.55. The summed E-state index contributed by atoms with van der Waals surface area (Å²) in [6, 6.07) is 5.68. The summed E-state index contributed by atoms with van der Waals surface area (Å²) in [6.07, 6.45) is 3.30. The summed E-state index contributed by atoms with van der Waals surface area (Å²) in [5.74, 6) is 0.848. The molecule has 0 saturated carbocycles. The Morgan fingerprint density at radius 2 is 2.39 bits per heavy atom. The molecule has 18 heavy (non-hydrogen) atoms. The van der Waals surface area contributed by atoms with Crippen molar-refractivity contribution in [3.05, 3.63) is 29.3 Å². The molecule has 2 heterocycles. The third-order valence-corrected chi connectivity index (χ3v) is 3.46. The summed E-state index contributed by atoms with van der Waals surface area (Å²) < 4.78 is 11.2. The summed E-state index contributed by atoms with van der Waals surface area (Å²) in [7, 11) is 0. The van der Waals surface area contributed by atoms with Crippen LogP contribution in [-0.2, 0) is 11.2 Å². The zero-order chi connectivity index (χ0) is 12.4. The second kappa shape index (κ2) is 4.98. The molecule has 1 aromatic rings. The number of ether oxygens (including phenoxy) is 2. The van der Waals surface area contributed by atoms with E-state index in [1.54, 1.807) is 0 Å². The highest BCUT2D eigenvalue weighted by Gasteiger charge is 2.18. The van der Waals surface area contributed by atoms with Gasteiger partial charge in [0.1, 0.15) is 12.4 Å². The molecule has 0 aromatic heterocycles. The van der Waals surface area contributed by atoms with Crippen LogP contribution in [0.3, 0.4) is 0 Å². The topological polar surface area (TPSA) is 47.6 Å². The van der Waals surface area contributed by atoms with Crippen molar-refractivity contribution < 1.29 is 14.3 Å². The Morgan fingerprint density at radius 1 is 1.44 bits per heavy atom. The number of nitrogens with one attached hydrogen (secondary N) is 1. The molecule has 0 unspecified atom stereocenters. The molecule has 0 bridgehead atoms. The van der Waals surface area contributed by atoms with Crippen molar-refractivity contribution in [1.82, 2.24) is 5.32 Å². The lowest BCUT2D eigenvalue weighted by Gasteiger charge is -2.18. The van der Waals surface area contributed by atoms with Gasteiger partial charge in [-0.25, -0.2) is 0 Å². The van der Waals surface area contributed by atoms with Crippen LogP contribution in [0.25, 0.3) is 0 Å². The third kappa shape index (κ3) is 2.34. The Labute approximate surface area is 106 Å². The second-order valence-electron chi connectivity index (χ2n) is 4.77. The number of carbonyl (C=O) groups excluding carboxylic acids is 1. The number of benzene rings is 1. The second-order valence-corrected chi connectivity index (χ2v) is 4.77. The van der Waals surface area contributed by atoms with E-state index in [2.05, 4.69) is 5.32 Å². The average molecular weight is 247 g/mol. The van der Waals surface area contributed by atoms with Crippen molar-refractivity contribution in [1.29, 1.82) is 0 Å². The normalized spacial score (nSPS) is 22.4. The zero-order valence-corrected chi connectivity index (χ0v) is 10.3. The van der Waals surface area contributed by atoms with Crippen molar-refractivity contribution in [2.75, 3.05) is 19.8 Å². The molecule has 3 rings (SSSR count). The van der Waals surface area contributed by atoms with Crippen LogP contribution >= 0.6 is 0 Å². The number of hydrogen-bond donors (Lipinski definition) is 1. The lowest BCUT2D eigenvalue weighted by Crippen LogP contribution is -2.31. The monoisotopic (exact) mass is 247 g/mol. The molecule has 1 aromatic carbocycles. The van der Waals surface area contributed by atoms with Crippen LogP contribution in [0.4, 0.5) is 0 Å². The molecule has 2 aliphatic heterocycles. The molecule has 1 saturated heterocycles. The van der Waals surface area contributed by atoms with Crippen LogP contribution in [0.5, 0.6) is 5.75 Å². The molecule has 1 fully saturated rings. The van der Waals surface area contributed by atoms with E-state index in [0.717, 1.165) is 42.7 Å². The molecule has 1 amide bonds. The SMILES string of the molecule is O=C1NCCc2cc(OC[C@@H]3CCCO3)ccc21. The van der Waals surface area contributed by atoms with Gasteiger partial charge in [-0.1, -0.05) is 0 Å². The maximum absolute atomic E-state index is 11.6. The molecule has 0 radical (unpaired) electrons. The summed E-state index contributed by atoms with van der Waals surface area (Å²) >= 11 is 0. The van der Waals surface area contributed by atoms with E-state index in [4.69, 9.17) is 9.47 Å². The van der Waals surface area contributed by atoms with E-state index in [-0.39, 0.29) is 12.0 Å². The highest BCUT2D eigenvalue weighted by atomic mass is 16.5. The Kier molecular flexibility index (Phi) is 3.19. The van der Waals surface area contributed by atoms with E-state index >= 15 is 0 Å². The van der Waals surface area contributed by atoms with Gasteiger partial charge in [-0.2, -0.15) is 0 Å². The molecule has 4 heteroatoms. The fourth-order valence-electron chi connectivity index (χ4n) is 2.46. The molecule has 2 aliphatic rings. The number of carbonyl (C=O) groups is 1. The quantitative estimate of drug-likeness (QED) is 0.881. The van der Waals surface area contributed by atoms with E-state index in [1.165, 1.54) is 0 Å². The number of rotatable bonds is 3. The van der Waals surface area contributed by atoms with Gasteiger partial charge in [-0.15, -0.1) is 0 Å². The van der Waals surface area contributed by atoms with Gasteiger partial charge in [0, 0.05) is 18.7 Å². The van der Waals surface area contributed by atoms with Gasteiger partial charge in [0.05, 0.1) is 6.10 Å². The van der Waals surface area contributed by atoms with Crippen LogP contribution in [-0.4, -0.2) is 31.8 Å². The van der Waals surface area contributed by atoms with Crippen LogP contribution in [0.1, 0.15) is 28.8 Å². The van der Waals surface area contributed by atoms with E-state index in [1.807, 2.05) is 18.2 Å². The molecular weight excluding hydrogens is 230 g/mol. The Bertz CT molecular complexity index is 452. The maximum atomic E-state index is 11.6. The van der Waals surface area contributed by atoms with Crippen LogP contribution in [0, 0.1) is 0 Å². The minimum absolute atomic E-state index is 0.0157. The summed E-state index contributed by atoms with van der Waals surface area (Å²) in [5.41, 5.74) is 1.84. The fraction of sp³-hybridized carbons (Fsp3) is 0.500. The van der Waals surface area contributed by atoms with Crippen LogP contribution < -0.4 is 10.1 Å². The fourth-order valence-corrected chi connectivity index (χ4v) is 2.46. The minimum Gasteiger partial charge on any atom is -0.491 e. The van der Waals surface area contributed by atoms with Gasteiger partial charge in [-0.3, -0.25) is 4.79 Å². The van der Waals surface area contributed by atoms with E-state index < -0.39 is 0 Å². The van der Waals surface area contributed by atoms with E-state index in [9.17, 15) is 4.79 Å². The summed E-state index contributed by atoms with van der Waals surface area (Å²) in [5, 5.41) is 2.83. The number of fused-ring (bicyclic) bond motifs is 1. The number of amides is 1. The molecule has 1 N–H and O–H groups in total. The zero-order valence-electron chi connectivity index (χ0n) is 10.3. The standard InChI is InChI=1S/C14H17NO3/c16-14-13-4-3-11(8-10(13)5-6-15-14)18-9-12-2-1-7-17-12/h3-4,8,12H,1-2,5-7,9H2,(H,15,16)/t12-/m0/s1. The maximum Gasteiger partial charge on any atom is 0.251 e. The molecular formula is C14H17NO3. The Morgan fingerprint density at radius 3 is 3.22 bits per heavy atom. The lowest BCUT2D eigenvalue weighted by molar-refractivity contribution is 0.0679. The van der Waals surface area contributed by atoms with Crippen molar-refractivity contribution in [3.8, 4) is 5.75 Å². The summed E-state index contributed by atoms with van der Waals surface area (Å²) in [6.45, 7) is 2.16. The van der Waals surface area contributed by atoms with Gasteiger partial charge < -0.3 is 14.8 Å². The first kappa shape index (κ1) is 11.5. The van der Waals surface area contributed by atoms with Crippen molar-refractivity contribution in [2.45, 2.75) is 25.4 Å². The van der Waals surface area contributed by atoms with Gasteiger partial charge in [0.2, 0.25) is 0 Å². The van der Waals surface area contributed by atoms with Crippen molar-refractivity contribution in [3.63, 3.8) is 0 Å². The largest absolute Gasteiger partial charge is 0.491 e. The molecule has 96 valence electrons. The smallest absolute Gasteiger partial charge is 0.251 e. The first-order chi connectivity index (χ1) is 8.83. The Balaban J connectivity index is 1.67. The van der Waals surface area contributed by atoms with Crippen molar-refractivity contribution in [2.24, 2.45) is 0 Å². The predicted molar refractivity (Wildman–Crippen MR) is 66.9 cm³/mol. The molecule has 0 aliphatic carbocycles. The summed E-state index contributed by atoms with van der Waals surface area (Å²) in [4.78, 5) is 11.6. The first-order valence-electron chi connectivity index (χ1n) is 6.48. The minimum atomic E-state index is 0.0157. The molecule has 0 spiro atoms. The number of hydrogen-bond acceptors (Lipinski definition) is 3.